The number of rotatable bonds is 0. The minimum absolute atomic E-state index is 0.303. The van der Waals surface area contributed by atoms with Crippen molar-refractivity contribution in [2.75, 3.05) is 6.61 Å². The van der Waals surface area contributed by atoms with Crippen LogP contribution in [-0.2, 0) is 12.8 Å². The van der Waals surface area contributed by atoms with Gasteiger partial charge in [-0.15, -0.1) is 0 Å². The molecule has 0 atom stereocenters. The molecule has 0 amide bonds. The van der Waals surface area contributed by atoms with Gasteiger partial charge >= 0.3 is 0 Å². The molecule has 2 heteroatoms. The standard InChI is InChI=1S/C13H14O2/c14-12-6-4-9-10(12)5-7-13-11(9)3-1-2-8-15-13/h5,7H,1-4,6,8H2. The lowest BCUT2D eigenvalue weighted by atomic mass is 9.98. The summed E-state index contributed by atoms with van der Waals surface area (Å²) in [6.45, 7) is 0.819. The van der Waals surface area contributed by atoms with Crippen LogP contribution in [0.15, 0.2) is 12.1 Å². The van der Waals surface area contributed by atoms with Gasteiger partial charge in [-0.25, -0.2) is 0 Å². The summed E-state index contributed by atoms with van der Waals surface area (Å²) < 4.78 is 5.70. The molecule has 1 aromatic carbocycles. The quantitative estimate of drug-likeness (QED) is 0.646. The predicted octanol–water partition coefficient (Wildman–Crippen LogP) is 2.53. The number of Topliss-reactive ketones (excluding diaryl/α,β-unsaturated/α-hetero) is 1. The molecule has 78 valence electrons. The van der Waals surface area contributed by atoms with Gasteiger partial charge < -0.3 is 4.74 Å². The summed E-state index contributed by atoms with van der Waals surface area (Å²) in [7, 11) is 0. The molecule has 2 aliphatic rings. The summed E-state index contributed by atoms with van der Waals surface area (Å²) in [6.07, 6.45) is 4.98. The third-order valence-corrected chi connectivity index (χ3v) is 3.37. The number of ether oxygens (including phenoxy) is 1. The van der Waals surface area contributed by atoms with E-state index in [4.69, 9.17) is 4.74 Å². The Morgan fingerprint density at radius 1 is 1.00 bits per heavy atom. The molecular formula is C13H14O2. The maximum atomic E-state index is 11.6. The number of hydrogen-bond acceptors (Lipinski definition) is 2. The monoisotopic (exact) mass is 202 g/mol. The molecule has 3 rings (SSSR count). The zero-order valence-corrected chi connectivity index (χ0v) is 8.71. The third kappa shape index (κ3) is 1.36. The highest BCUT2D eigenvalue weighted by Gasteiger charge is 2.24. The van der Waals surface area contributed by atoms with Crippen molar-refractivity contribution in [2.45, 2.75) is 32.1 Å². The molecule has 0 aromatic heterocycles. The van der Waals surface area contributed by atoms with Crippen molar-refractivity contribution in [1.82, 2.24) is 0 Å². The molecule has 1 aliphatic carbocycles. The largest absolute Gasteiger partial charge is 0.493 e. The third-order valence-electron chi connectivity index (χ3n) is 3.37. The van der Waals surface area contributed by atoms with Crippen molar-refractivity contribution >= 4 is 5.78 Å². The van der Waals surface area contributed by atoms with Gasteiger partial charge in [0.1, 0.15) is 5.75 Å². The van der Waals surface area contributed by atoms with E-state index in [1.807, 2.05) is 12.1 Å². The van der Waals surface area contributed by atoms with Crippen molar-refractivity contribution in [2.24, 2.45) is 0 Å². The summed E-state index contributed by atoms with van der Waals surface area (Å²) in [4.78, 5) is 11.6. The van der Waals surface area contributed by atoms with Gasteiger partial charge in [-0.3, -0.25) is 4.79 Å². The first-order chi connectivity index (χ1) is 7.36. The van der Waals surface area contributed by atoms with Gasteiger partial charge in [-0.05, 0) is 48.9 Å². The van der Waals surface area contributed by atoms with E-state index in [-0.39, 0.29) is 0 Å². The molecule has 0 radical (unpaired) electrons. The SMILES string of the molecule is O=C1CCc2c1ccc1c2CCCCO1. The van der Waals surface area contributed by atoms with Crippen LogP contribution in [0.1, 0.15) is 40.7 Å². The van der Waals surface area contributed by atoms with Crippen molar-refractivity contribution in [3.63, 3.8) is 0 Å². The second-order valence-corrected chi connectivity index (χ2v) is 4.30. The second-order valence-electron chi connectivity index (χ2n) is 4.30. The van der Waals surface area contributed by atoms with E-state index in [0.717, 1.165) is 37.2 Å². The van der Waals surface area contributed by atoms with Crippen LogP contribution >= 0.6 is 0 Å². The van der Waals surface area contributed by atoms with Crippen LogP contribution in [0.4, 0.5) is 0 Å². The minimum Gasteiger partial charge on any atom is -0.493 e. The molecule has 0 bridgehead atoms. The maximum Gasteiger partial charge on any atom is 0.163 e. The topological polar surface area (TPSA) is 26.3 Å². The molecule has 0 unspecified atom stereocenters. The van der Waals surface area contributed by atoms with E-state index in [1.165, 1.54) is 17.5 Å². The van der Waals surface area contributed by atoms with Crippen molar-refractivity contribution in [3.8, 4) is 5.75 Å². The average Bonchev–Trinajstić information content (AvgIpc) is 2.51. The Hall–Kier alpha value is -1.31. The van der Waals surface area contributed by atoms with E-state index in [2.05, 4.69) is 0 Å². The van der Waals surface area contributed by atoms with E-state index in [1.54, 1.807) is 0 Å². The molecule has 0 N–H and O–H groups in total. The number of benzene rings is 1. The Morgan fingerprint density at radius 2 is 1.93 bits per heavy atom. The highest BCUT2D eigenvalue weighted by Crippen LogP contribution is 2.34. The van der Waals surface area contributed by atoms with Crippen molar-refractivity contribution in [3.05, 3.63) is 28.8 Å². The maximum absolute atomic E-state index is 11.6. The molecular weight excluding hydrogens is 188 g/mol. The number of carbonyl (C=O) groups is 1. The summed E-state index contributed by atoms with van der Waals surface area (Å²) in [6, 6.07) is 3.91. The van der Waals surface area contributed by atoms with Crippen LogP contribution in [0, 0.1) is 0 Å². The van der Waals surface area contributed by atoms with E-state index >= 15 is 0 Å². The fourth-order valence-electron chi connectivity index (χ4n) is 2.59. The number of ketones is 1. The fraction of sp³-hybridized carbons (Fsp3) is 0.462. The van der Waals surface area contributed by atoms with Crippen LogP contribution in [-0.4, -0.2) is 12.4 Å². The van der Waals surface area contributed by atoms with Gasteiger partial charge in [-0.2, -0.15) is 0 Å². The normalized spacial score (nSPS) is 19.1. The molecule has 0 saturated carbocycles. The van der Waals surface area contributed by atoms with Crippen LogP contribution in [0.25, 0.3) is 0 Å². The first-order valence-electron chi connectivity index (χ1n) is 5.67. The first-order valence-corrected chi connectivity index (χ1v) is 5.67. The highest BCUT2D eigenvalue weighted by molar-refractivity contribution is 6.01. The first kappa shape index (κ1) is 8.96. The van der Waals surface area contributed by atoms with Gasteiger partial charge in [0.15, 0.2) is 5.78 Å². The Kier molecular flexibility index (Phi) is 2.01. The summed E-state index contributed by atoms with van der Waals surface area (Å²) >= 11 is 0. The van der Waals surface area contributed by atoms with Gasteiger partial charge in [0.2, 0.25) is 0 Å². The molecule has 2 nitrogen and oxygen atoms in total. The van der Waals surface area contributed by atoms with Gasteiger partial charge in [0.25, 0.3) is 0 Å². The Morgan fingerprint density at radius 3 is 2.87 bits per heavy atom. The molecule has 0 saturated heterocycles. The molecule has 0 fully saturated rings. The lowest BCUT2D eigenvalue weighted by Gasteiger charge is -2.10. The Labute approximate surface area is 89.2 Å². The van der Waals surface area contributed by atoms with E-state index < -0.39 is 0 Å². The van der Waals surface area contributed by atoms with Gasteiger partial charge in [-0.1, -0.05) is 0 Å². The molecule has 0 spiro atoms. The number of hydrogen-bond donors (Lipinski definition) is 0. The van der Waals surface area contributed by atoms with E-state index in [0.29, 0.717) is 12.2 Å². The van der Waals surface area contributed by atoms with Crippen LogP contribution in [0.2, 0.25) is 0 Å². The summed E-state index contributed by atoms with van der Waals surface area (Å²) in [5.74, 6) is 1.32. The van der Waals surface area contributed by atoms with Crippen molar-refractivity contribution < 1.29 is 9.53 Å². The lowest BCUT2D eigenvalue weighted by Crippen LogP contribution is -1.99. The predicted molar refractivity (Wildman–Crippen MR) is 57.5 cm³/mol. The Balaban J connectivity index is 2.15. The highest BCUT2D eigenvalue weighted by atomic mass is 16.5. The number of fused-ring (bicyclic) bond motifs is 3. The van der Waals surface area contributed by atoms with Crippen LogP contribution in [0.3, 0.4) is 0 Å². The zero-order chi connectivity index (χ0) is 10.3. The van der Waals surface area contributed by atoms with Gasteiger partial charge in [0, 0.05) is 12.0 Å². The molecule has 1 aromatic rings. The Bertz CT molecular complexity index is 421. The second kappa shape index (κ2) is 3.37. The van der Waals surface area contributed by atoms with Crippen LogP contribution < -0.4 is 4.74 Å². The van der Waals surface area contributed by atoms with Crippen molar-refractivity contribution in [1.29, 1.82) is 0 Å². The number of carbonyl (C=O) groups excluding carboxylic acids is 1. The molecule has 1 aliphatic heterocycles. The molecule has 15 heavy (non-hydrogen) atoms. The van der Waals surface area contributed by atoms with Gasteiger partial charge in [0.05, 0.1) is 6.61 Å². The van der Waals surface area contributed by atoms with Crippen LogP contribution in [0.5, 0.6) is 5.75 Å². The average molecular weight is 202 g/mol. The smallest absolute Gasteiger partial charge is 0.163 e. The minimum atomic E-state index is 0.303. The fourth-order valence-corrected chi connectivity index (χ4v) is 2.59. The van der Waals surface area contributed by atoms with E-state index in [9.17, 15) is 4.79 Å². The zero-order valence-electron chi connectivity index (χ0n) is 8.71. The lowest BCUT2D eigenvalue weighted by molar-refractivity contribution is 0.0994. The summed E-state index contributed by atoms with van der Waals surface area (Å²) in [5, 5.41) is 0. The molecule has 1 heterocycles. The summed E-state index contributed by atoms with van der Waals surface area (Å²) in [5.41, 5.74) is 3.51.